The maximum Gasteiger partial charge on any atom is 0.223 e. The molecule has 6 nitrogen and oxygen atoms in total. The monoisotopic (exact) mass is 325 g/mol. The van der Waals surface area contributed by atoms with Gasteiger partial charge in [0.2, 0.25) is 5.89 Å². The molecular weight excluding hydrogens is 310 g/mol. The molecule has 0 radical (unpaired) electrons. The van der Waals surface area contributed by atoms with Crippen LogP contribution in [0.2, 0.25) is 0 Å². The standard InChI is InChI=1S/C12H16BrN5O/c1-3-4-10-16-9(13)7-12(17-10)14-6-5-11-15-8(2)19-18-11/h7H,3-6H2,1-2H3,(H,14,16,17). The quantitative estimate of drug-likeness (QED) is 0.822. The van der Waals surface area contributed by atoms with Gasteiger partial charge in [0.05, 0.1) is 0 Å². The predicted molar refractivity (Wildman–Crippen MR) is 75.0 cm³/mol. The van der Waals surface area contributed by atoms with E-state index in [0.717, 1.165) is 29.1 Å². The minimum Gasteiger partial charge on any atom is -0.369 e. The van der Waals surface area contributed by atoms with Crippen LogP contribution in [0.5, 0.6) is 0 Å². The second kappa shape index (κ2) is 6.60. The maximum absolute atomic E-state index is 4.92. The Morgan fingerprint density at radius 1 is 1.21 bits per heavy atom. The van der Waals surface area contributed by atoms with Crippen LogP contribution in [0.25, 0.3) is 0 Å². The van der Waals surface area contributed by atoms with Gasteiger partial charge in [-0.1, -0.05) is 12.1 Å². The molecule has 0 spiro atoms. The molecule has 0 aliphatic heterocycles. The first-order valence-electron chi connectivity index (χ1n) is 6.24. The maximum atomic E-state index is 4.92. The van der Waals surface area contributed by atoms with Crippen LogP contribution in [0.3, 0.4) is 0 Å². The molecule has 0 atom stereocenters. The van der Waals surface area contributed by atoms with Gasteiger partial charge in [-0.3, -0.25) is 0 Å². The van der Waals surface area contributed by atoms with E-state index < -0.39 is 0 Å². The number of anilines is 1. The summed E-state index contributed by atoms with van der Waals surface area (Å²) in [5.74, 6) is 2.94. The Balaban J connectivity index is 1.91. The highest BCUT2D eigenvalue weighted by Crippen LogP contribution is 2.13. The van der Waals surface area contributed by atoms with Gasteiger partial charge in [-0.2, -0.15) is 4.98 Å². The van der Waals surface area contributed by atoms with Crippen LogP contribution >= 0.6 is 15.9 Å². The van der Waals surface area contributed by atoms with Crippen LogP contribution in [0, 0.1) is 6.92 Å². The SMILES string of the molecule is CCCc1nc(Br)cc(NCCc2noc(C)n2)n1. The second-order valence-electron chi connectivity index (χ2n) is 4.15. The summed E-state index contributed by atoms with van der Waals surface area (Å²) in [6.07, 6.45) is 2.60. The third-order valence-corrected chi connectivity index (χ3v) is 2.85. The molecule has 0 saturated heterocycles. The Kier molecular flexibility index (Phi) is 4.84. The average molecular weight is 326 g/mol. The molecule has 2 aromatic heterocycles. The van der Waals surface area contributed by atoms with Crippen molar-refractivity contribution in [2.24, 2.45) is 0 Å². The number of hydrogen-bond donors (Lipinski definition) is 1. The van der Waals surface area contributed by atoms with E-state index in [9.17, 15) is 0 Å². The van der Waals surface area contributed by atoms with Crippen molar-refractivity contribution in [3.63, 3.8) is 0 Å². The molecular formula is C12H16BrN5O. The van der Waals surface area contributed by atoms with Gasteiger partial charge in [-0.05, 0) is 22.4 Å². The fraction of sp³-hybridized carbons (Fsp3) is 0.500. The number of halogens is 1. The molecule has 0 aliphatic carbocycles. The summed E-state index contributed by atoms with van der Waals surface area (Å²) in [5.41, 5.74) is 0. The van der Waals surface area contributed by atoms with Crippen molar-refractivity contribution in [3.8, 4) is 0 Å². The highest BCUT2D eigenvalue weighted by molar-refractivity contribution is 9.10. The van der Waals surface area contributed by atoms with Gasteiger partial charge in [0, 0.05) is 32.4 Å². The number of rotatable bonds is 6. The van der Waals surface area contributed by atoms with E-state index >= 15 is 0 Å². The molecule has 0 aromatic carbocycles. The van der Waals surface area contributed by atoms with Gasteiger partial charge in [0.1, 0.15) is 16.2 Å². The Morgan fingerprint density at radius 3 is 2.74 bits per heavy atom. The summed E-state index contributed by atoms with van der Waals surface area (Å²) in [5, 5.41) is 7.08. The zero-order valence-corrected chi connectivity index (χ0v) is 12.6. The van der Waals surface area contributed by atoms with Crippen molar-refractivity contribution < 1.29 is 4.52 Å². The third-order valence-electron chi connectivity index (χ3n) is 2.44. The fourth-order valence-corrected chi connectivity index (χ4v) is 2.06. The van der Waals surface area contributed by atoms with Crippen molar-refractivity contribution in [1.82, 2.24) is 20.1 Å². The van der Waals surface area contributed by atoms with E-state index in [0.29, 0.717) is 24.7 Å². The summed E-state index contributed by atoms with van der Waals surface area (Å²) in [7, 11) is 0. The fourth-order valence-electron chi connectivity index (χ4n) is 1.64. The van der Waals surface area contributed by atoms with Crippen LogP contribution in [0.4, 0.5) is 5.82 Å². The topological polar surface area (TPSA) is 76.7 Å². The molecule has 2 rings (SSSR count). The first-order chi connectivity index (χ1) is 9.17. The van der Waals surface area contributed by atoms with E-state index in [1.165, 1.54) is 0 Å². The van der Waals surface area contributed by atoms with Gasteiger partial charge < -0.3 is 9.84 Å². The molecule has 0 amide bonds. The second-order valence-corrected chi connectivity index (χ2v) is 4.96. The molecule has 19 heavy (non-hydrogen) atoms. The molecule has 102 valence electrons. The normalized spacial score (nSPS) is 10.7. The van der Waals surface area contributed by atoms with Crippen molar-refractivity contribution in [2.45, 2.75) is 33.1 Å². The minimum atomic E-state index is 0.588. The van der Waals surface area contributed by atoms with Crippen LogP contribution < -0.4 is 5.32 Å². The molecule has 0 bridgehead atoms. The highest BCUT2D eigenvalue weighted by Gasteiger charge is 2.04. The Bertz CT molecular complexity index is 543. The zero-order valence-electron chi connectivity index (χ0n) is 11.0. The van der Waals surface area contributed by atoms with Crippen LogP contribution in [0.1, 0.15) is 30.9 Å². The Morgan fingerprint density at radius 2 is 2.05 bits per heavy atom. The summed E-state index contributed by atoms with van der Waals surface area (Å²) in [4.78, 5) is 12.9. The minimum absolute atomic E-state index is 0.588. The molecule has 0 aliphatic rings. The number of nitrogens with zero attached hydrogens (tertiary/aromatic N) is 4. The lowest BCUT2D eigenvalue weighted by molar-refractivity contribution is 0.387. The first-order valence-corrected chi connectivity index (χ1v) is 7.03. The lowest BCUT2D eigenvalue weighted by atomic mass is 10.3. The summed E-state index contributed by atoms with van der Waals surface area (Å²) >= 11 is 3.39. The van der Waals surface area contributed by atoms with E-state index in [2.05, 4.69) is 48.3 Å². The smallest absolute Gasteiger partial charge is 0.223 e. The number of nitrogens with one attached hydrogen (secondary N) is 1. The van der Waals surface area contributed by atoms with Crippen molar-refractivity contribution in [2.75, 3.05) is 11.9 Å². The zero-order chi connectivity index (χ0) is 13.7. The predicted octanol–water partition coefficient (Wildman–Crippen LogP) is 2.54. The van der Waals surface area contributed by atoms with Gasteiger partial charge in [-0.25, -0.2) is 9.97 Å². The van der Waals surface area contributed by atoms with Crippen LogP contribution in [0.15, 0.2) is 15.2 Å². The summed E-state index contributed by atoms with van der Waals surface area (Å²) in [6.45, 7) is 4.59. The molecule has 0 saturated carbocycles. The molecule has 0 unspecified atom stereocenters. The molecule has 0 fully saturated rings. The number of aryl methyl sites for hydroxylation is 2. The summed E-state index contributed by atoms with van der Waals surface area (Å²) < 4.78 is 5.71. The highest BCUT2D eigenvalue weighted by atomic mass is 79.9. The summed E-state index contributed by atoms with van der Waals surface area (Å²) in [6, 6.07) is 1.86. The lowest BCUT2D eigenvalue weighted by Gasteiger charge is -2.06. The average Bonchev–Trinajstić information content (AvgIpc) is 2.75. The largest absolute Gasteiger partial charge is 0.369 e. The van der Waals surface area contributed by atoms with Crippen molar-refractivity contribution in [1.29, 1.82) is 0 Å². The first kappa shape index (κ1) is 13.9. The van der Waals surface area contributed by atoms with Crippen molar-refractivity contribution >= 4 is 21.7 Å². The molecule has 7 heteroatoms. The van der Waals surface area contributed by atoms with Gasteiger partial charge in [0.15, 0.2) is 5.82 Å². The van der Waals surface area contributed by atoms with E-state index in [-0.39, 0.29) is 0 Å². The molecule has 2 heterocycles. The van der Waals surface area contributed by atoms with E-state index in [4.69, 9.17) is 4.52 Å². The van der Waals surface area contributed by atoms with E-state index in [1.54, 1.807) is 6.92 Å². The Labute approximate surface area is 120 Å². The van der Waals surface area contributed by atoms with Gasteiger partial charge in [-0.15, -0.1) is 0 Å². The molecule has 1 N–H and O–H groups in total. The van der Waals surface area contributed by atoms with Gasteiger partial charge in [0.25, 0.3) is 0 Å². The third kappa shape index (κ3) is 4.27. The van der Waals surface area contributed by atoms with Gasteiger partial charge >= 0.3 is 0 Å². The van der Waals surface area contributed by atoms with Crippen LogP contribution in [-0.2, 0) is 12.8 Å². The molecule has 2 aromatic rings. The Hall–Kier alpha value is -1.50. The van der Waals surface area contributed by atoms with Crippen molar-refractivity contribution in [3.05, 3.63) is 28.2 Å². The lowest BCUT2D eigenvalue weighted by Crippen LogP contribution is -2.09. The number of aromatic nitrogens is 4. The van der Waals surface area contributed by atoms with Crippen LogP contribution in [-0.4, -0.2) is 26.7 Å². The van der Waals surface area contributed by atoms with E-state index in [1.807, 2.05) is 6.07 Å². The number of hydrogen-bond acceptors (Lipinski definition) is 6.